The minimum Gasteiger partial charge on any atom is -0.493 e. The lowest BCUT2D eigenvalue weighted by Crippen LogP contribution is -2.38. The topological polar surface area (TPSA) is 80.2 Å². The van der Waals surface area contributed by atoms with Crippen LogP contribution in [-0.4, -0.2) is 55.3 Å². The van der Waals surface area contributed by atoms with Gasteiger partial charge in [-0.25, -0.2) is 0 Å². The zero-order valence-electron chi connectivity index (χ0n) is 15.4. The van der Waals surface area contributed by atoms with Crippen molar-refractivity contribution in [2.24, 2.45) is 4.99 Å². The Morgan fingerprint density at radius 1 is 1.38 bits per heavy atom. The number of amides is 2. The maximum Gasteiger partial charge on any atom is 0.256 e. The summed E-state index contributed by atoms with van der Waals surface area (Å²) in [4.78, 5) is 30.6. The standard InChI is InChI=1S/C19H25N3O4/c1-4-5-6-26-18-9-16-15(8-17(18)25-3)19(24)22-11-13(21-12(2)23)7-14(22)10-20-16/h8-10,13-14H,4-7,11H2,1-3H3,(H,21,23)/t13-,14-/m0/s1. The molecule has 0 unspecified atom stereocenters. The molecule has 1 aromatic rings. The third-order valence-corrected chi connectivity index (χ3v) is 4.67. The highest BCUT2D eigenvalue weighted by Gasteiger charge is 2.37. The third-order valence-electron chi connectivity index (χ3n) is 4.67. The predicted octanol–water partition coefficient (Wildman–Crippen LogP) is 2.31. The fraction of sp³-hybridized carbons (Fsp3) is 0.526. The van der Waals surface area contributed by atoms with E-state index in [9.17, 15) is 9.59 Å². The van der Waals surface area contributed by atoms with E-state index >= 15 is 0 Å². The molecule has 26 heavy (non-hydrogen) atoms. The number of aliphatic imine (C=N–C) groups is 1. The number of unbranched alkanes of at least 4 members (excludes halogenated alkanes) is 1. The van der Waals surface area contributed by atoms with Crippen LogP contribution in [0.2, 0.25) is 0 Å². The van der Waals surface area contributed by atoms with Gasteiger partial charge in [-0.1, -0.05) is 13.3 Å². The first-order valence-electron chi connectivity index (χ1n) is 9.00. The average Bonchev–Trinajstić information content (AvgIpc) is 2.96. The van der Waals surface area contributed by atoms with E-state index in [1.54, 1.807) is 30.4 Å². The lowest BCUT2D eigenvalue weighted by atomic mass is 10.1. The molecule has 1 saturated heterocycles. The van der Waals surface area contributed by atoms with Crippen molar-refractivity contribution in [2.75, 3.05) is 20.3 Å². The van der Waals surface area contributed by atoms with Gasteiger partial charge in [-0.05, 0) is 18.9 Å². The van der Waals surface area contributed by atoms with Crippen molar-refractivity contribution in [3.63, 3.8) is 0 Å². The molecule has 0 aromatic heterocycles. The predicted molar refractivity (Wildman–Crippen MR) is 98.6 cm³/mol. The van der Waals surface area contributed by atoms with Gasteiger partial charge in [-0.2, -0.15) is 0 Å². The second kappa shape index (κ2) is 7.76. The lowest BCUT2D eigenvalue weighted by Gasteiger charge is -2.20. The number of benzene rings is 1. The van der Waals surface area contributed by atoms with Gasteiger partial charge in [0.1, 0.15) is 0 Å². The first-order chi connectivity index (χ1) is 12.5. The van der Waals surface area contributed by atoms with Crippen LogP contribution in [0.25, 0.3) is 0 Å². The Morgan fingerprint density at radius 3 is 2.88 bits per heavy atom. The van der Waals surface area contributed by atoms with E-state index in [2.05, 4.69) is 17.2 Å². The van der Waals surface area contributed by atoms with Gasteiger partial charge in [-0.3, -0.25) is 14.6 Å². The van der Waals surface area contributed by atoms with Crippen LogP contribution in [0.15, 0.2) is 17.1 Å². The van der Waals surface area contributed by atoms with Gasteiger partial charge in [0.2, 0.25) is 5.91 Å². The minimum atomic E-state index is -0.123. The van der Waals surface area contributed by atoms with Crippen molar-refractivity contribution in [3.8, 4) is 11.5 Å². The minimum absolute atomic E-state index is 0.0482. The highest BCUT2D eigenvalue weighted by Crippen LogP contribution is 2.38. The number of fused-ring (bicyclic) bond motifs is 2. The van der Waals surface area contributed by atoms with Crippen molar-refractivity contribution < 1.29 is 19.1 Å². The molecule has 2 atom stereocenters. The SMILES string of the molecule is CCCCOc1cc2c(cc1OC)C(=O)N1C[C@@H](NC(C)=O)C[C@H]1C=N2. The zero-order valence-corrected chi connectivity index (χ0v) is 15.4. The molecule has 0 spiro atoms. The van der Waals surface area contributed by atoms with Crippen LogP contribution in [0.3, 0.4) is 0 Å². The van der Waals surface area contributed by atoms with Gasteiger partial charge in [0.15, 0.2) is 11.5 Å². The van der Waals surface area contributed by atoms with E-state index in [1.807, 2.05) is 0 Å². The van der Waals surface area contributed by atoms with Crippen LogP contribution >= 0.6 is 0 Å². The number of carbonyl (C=O) groups is 2. The second-order valence-corrected chi connectivity index (χ2v) is 6.66. The maximum absolute atomic E-state index is 13.0. The normalized spacial score (nSPS) is 21.0. The number of hydrogen-bond donors (Lipinski definition) is 1. The summed E-state index contributed by atoms with van der Waals surface area (Å²) in [5, 5.41) is 2.88. The van der Waals surface area contributed by atoms with Crippen LogP contribution in [0.5, 0.6) is 11.5 Å². The van der Waals surface area contributed by atoms with Crippen LogP contribution < -0.4 is 14.8 Å². The molecule has 0 radical (unpaired) electrons. The van der Waals surface area contributed by atoms with Gasteiger partial charge in [0.05, 0.1) is 31.0 Å². The molecule has 1 N–H and O–H groups in total. The van der Waals surface area contributed by atoms with Crippen molar-refractivity contribution in [2.45, 2.75) is 45.2 Å². The summed E-state index contributed by atoms with van der Waals surface area (Å²) in [6.45, 7) is 4.66. The number of nitrogens with one attached hydrogen (secondary N) is 1. The van der Waals surface area contributed by atoms with Gasteiger partial charge >= 0.3 is 0 Å². The van der Waals surface area contributed by atoms with Gasteiger partial charge < -0.3 is 19.7 Å². The number of rotatable bonds is 6. The Morgan fingerprint density at radius 2 is 2.19 bits per heavy atom. The van der Waals surface area contributed by atoms with Crippen LogP contribution in [0.1, 0.15) is 43.5 Å². The molecule has 0 saturated carbocycles. The zero-order chi connectivity index (χ0) is 18.7. The summed E-state index contributed by atoms with van der Waals surface area (Å²) >= 11 is 0. The molecule has 7 heteroatoms. The summed E-state index contributed by atoms with van der Waals surface area (Å²) in [7, 11) is 1.56. The molecule has 0 aliphatic carbocycles. The molecule has 1 aromatic carbocycles. The number of carbonyl (C=O) groups excluding carboxylic acids is 2. The molecule has 3 rings (SSSR count). The Kier molecular flexibility index (Phi) is 5.44. The largest absolute Gasteiger partial charge is 0.493 e. The summed E-state index contributed by atoms with van der Waals surface area (Å²) in [6.07, 6.45) is 4.44. The van der Waals surface area contributed by atoms with E-state index < -0.39 is 0 Å². The lowest BCUT2D eigenvalue weighted by molar-refractivity contribution is -0.119. The molecule has 1 fully saturated rings. The van der Waals surface area contributed by atoms with Gasteiger partial charge in [0, 0.05) is 31.8 Å². The van der Waals surface area contributed by atoms with E-state index in [0.717, 1.165) is 12.8 Å². The van der Waals surface area contributed by atoms with Crippen molar-refractivity contribution in [1.82, 2.24) is 10.2 Å². The summed E-state index contributed by atoms with van der Waals surface area (Å²) in [5.41, 5.74) is 1.08. The fourth-order valence-corrected chi connectivity index (χ4v) is 3.38. The average molecular weight is 359 g/mol. The second-order valence-electron chi connectivity index (χ2n) is 6.66. The number of hydrogen-bond acceptors (Lipinski definition) is 5. The van der Waals surface area contributed by atoms with Crippen molar-refractivity contribution >= 4 is 23.7 Å². The number of methoxy groups -OCH3 is 1. The Labute approximate surface area is 153 Å². The number of ether oxygens (including phenoxy) is 2. The van der Waals surface area contributed by atoms with Crippen LogP contribution in [-0.2, 0) is 4.79 Å². The van der Waals surface area contributed by atoms with Crippen molar-refractivity contribution in [1.29, 1.82) is 0 Å². The van der Waals surface area contributed by atoms with Gasteiger partial charge in [-0.15, -0.1) is 0 Å². The molecule has 140 valence electrons. The van der Waals surface area contributed by atoms with E-state index in [0.29, 0.717) is 42.3 Å². The summed E-state index contributed by atoms with van der Waals surface area (Å²) < 4.78 is 11.2. The smallest absolute Gasteiger partial charge is 0.256 e. The summed E-state index contributed by atoms with van der Waals surface area (Å²) in [6, 6.07) is 3.30. The quantitative estimate of drug-likeness (QED) is 0.791. The van der Waals surface area contributed by atoms with E-state index in [-0.39, 0.29) is 23.9 Å². The van der Waals surface area contributed by atoms with Crippen molar-refractivity contribution in [3.05, 3.63) is 17.7 Å². The van der Waals surface area contributed by atoms with E-state index in [4.69, 9.17) is 9.47 Å². The Bertz CT molecular complexity index is 732. The highest BCUT2D eigenvalue weighted by molar-refractivity contribution is 6.03. The molecule has 2 heterocycles. The van der Waals surface area contributed by atoms with Gasteiger partial charge in [0.25, 0.3) is 5.91 Å². The maximum atomic E-state index is 13.0. The summed E-state index contributed by atoms with van der Waals surface area (Å²) in [5.74, 6) is 0.934. The first-order valence-corrected chi connectivity index (χ1v) is 9.00. The monoisotopic (exact) mass is 359 g/mol. The third kappa shape index (κ3) is 3.66. The Hall–Kier alpha value is -2.57. The molecular weight excluding hydrogens is 334 g/mol. The van der Waals surface area contributed by atoms with E-state index in [1.165, 1.54) is 6.92 Å². The first kappa shape index (κ1) is 18.2. The molecule has 2 amide bonds. The number of nitrogens with zero attached hydrogens (tertiary/aromatic N) is 2. The molecular formula is C19H25N3O4. The molecule has 7 nitrogen and oxygen atoms in total. The van der Waals surface area contributed by atoms with Crippen LogP contribution in [0.4, 0.5) is 5.69 Å². The fourth-order valence-electron chi connectivity index (χ4n) is 3.38. The molecule has 2 aliphatic rings. The van der Waals surface area contributed by atoms with Crippen LogP contribution in [0, 0.1) is 0 Å². The molecule has 2 aliphatic heterocycles. The molecule has 0 bridgehead atoms. The Balaban J connectivity index is 1.87. The highest BCUT2D eigenvalue weighted by atomic mass is 16.5.